The van der Waals surface area contributed by atoms with Gasteiger partial charge in [0, 0.05) is 0 Å². The van der Waals surface area contributed by atoms with E-state index in [1.807, 2.05) is 0 Å². The smallest absolute Gasteiger partial charge is 0.311 e. The quantitative estimate of drug-likeness (QED) is 0.514. The molecule has 0 fully saturated rings. The van der Waals surface area contributed by atoms with E-state index >= 15 is 0 Å². The molecule has 5 nitrogen and oxygen atoms in total. The molecule has 0 bridgehead atoms. The van der Waals surface area contributed by atoms with Crippen LogP contribution < -0.4 is 0 Å². The Bertz CT molecular complexity index is 298. The molecule has 0 aromatic rings. The molecule has 0 aliphatic heterocycles. The fourth-order valence-corrected chi connectivity index (χ4v) is 1.32. The maximum atomic E-state index is 11.2. The zero-order valence-electron chi connectivity index (χ0n) is 8.73. The van der Waals surface area contributed by atoms with Gasteiger partial charge in [-0.25, -0.2) is 8.42 Å². The number of rotatable bonds is 3. The van der Waals surface area contributed by atoms with Gasteiger partial charge in [-0.15, -0.1) is 0 Å². The molecule has 0 amide bonds. The van der Waals surface area contributed by atoms with Gasteiger partial charge in [0.05, 0.1) is 21.3 Å². The summed E-state index contributed by atoms with van der Waals surface area (Å²) in [6.07, 6.45) is -0.899. The molecule has 1 atom stereocenters. The number of esters is 1. The van der Waals surface area contributed by atoms with Crippen molar-refractivity contribution in [1.82, 2.24) is 0 Å². The van der Waals surface area contributed by atoms with Gasteiger partial charge in [0.1, 0.15) is 6.10 Å². The maximum Gasteiger partial charge on any atom is 0.311 e. The van der Waals surface area contributed by atoms with Crippen LogP contribution in [0.25, 0.3) is 0 Å². The lowest BCUT2D eigenvalue weighted by atomic mass is 9.97. The SMILES string of the molecule is CC(CS(=O)(=O)[O-])OC(=O)C(C)(C)C. The summed E-state index contributed by atoms with van der Waals surface area (Å²) in [6.45, 7) is 6.31. The van der Waals surface area contributed by atoms with E-state index in [0.29, 0.717) is 0 Å². The molecular weight excluding hydrogens is 208 g/mol. The first-order valence-corrected chi connectivity index (χ1v) is 5.75. The summed E-state index contributed by atoms with van der Waals surface area (Å²) < 4.78 is 35.8. The van der Waals surface area contributed by atoms with E-state index in [0.717, 1.165) is 0 Å². The maximum absolute atomic E-state index is 11.2. The number of ether oxygens (including phenoxy) is 1. The molecule has 1 unspecified atom stereocenters. The molecule has 14 heavy (non-hydrogen) atoms. The molecule has 0 N–H and O–H groups in total. The minimum absolute atomic E-state index is 0.520. The molecule has 0 radical (unpaired) electrons. The van der Waals surface area contributed by atoms with Crippen molar-refractivity contribution in [2.75, 3.05) is 5.75 Å². The summed E-state index contributed by atoms with van der Waals surface area (Å²) in [7, 11) is -4.34. The van der Waals surface area contributed by atoms with Crippen molar-refractivity contribution in [2.24, 2.45) is 5.41 Å². The highest BCUT2D eigenvalue weighted by Crippen LogP contribution is 2.16. The summed E-state index contributed by atoms with van der Waals surface area (Å²) in [5.74, 6) is -1.21. The average Bonchev–Trinajstić information content (AvgIpc) is 1.79. The van der Waals surface area contributed by atoms with Gasteiger partial charge < -0.3 is 9.29 Å². The summed E-state index contributed by atoms with van der Waals surface area (Å²) in [5.41, 5.74) is -0.694. The van der Waals surface area contributed by atoms with Crippen molar-refractivity contribution < 1.29 is 22.5 Å². The van der Waals surface area contributed by atoms with Crippen LogP contribution in [0.1, 0.15) is 27.7 Å². The molecule has 0 aromatic carbocycles. The van der Waals surface area contributed by atoms with Crippen LogP contribution >= 0.6 is 0 Å². The van der Waals surface area contributed by atoms with Crippen molar-refractivity contribution >= 4 is 16.1 Å². The number of hydrogen-bond acceptors (Lipinski definition) is 5. The summed E-state index contributed by atoms with van der Waals surface area (Å²) in [5, 5.41) is 0. The topological polar surface area (TPSA) is 83.5 Å². The highest BCUT2D eigenvalue weighted by molar-refractivity contribution is 7.85. The van der Waals surface area contributed by atoms with Crippen LogP contribution in [0.4, 0.5) is 0 Å². The Morgan fingerprint density at radius 2 is 1.86 bits per heavy atom. The number of carbonyl (C=O) groups excluding carboxylic acids is 1. The second-order valence-corrected chi connectivity index (χ2v) is 5.64. The molecule has 0 aliphatic carbocycles. The predicted molar refractivity (Wildman–Crippen MR) is 49.6 cm³/mol. The molecule has 0 saturated carbocycles. The van der Waals surface area contributed by atoms with E-state index in [-0.39, 0.29) is 0 Å². The van der Waals surface area contributed by atoms with Crippen LogP contribution in [-0.2, 0) is 19.6 Å². The first-order valence-electron chi connectivity index (χ1n) is 4.17. The third kappa shape index (κ3) is 5.93. The van der Waals surface area contributed by atoms with Gasteiger partial charge in [-0.1, -0.05) is 0 Å². The Balaban J connectivity index is 4.22. The third-order valence-corrected chi connectivity index (χ3v) is 2.24. The Morgan fingerprint density at radius 1 is 1.43 bits per heavy atom. The zero-order chi connectivity index (χ0) is 11.6. The van der Waals surface area contributed by atoms with Crippen LogP contribution in [-0.4, -0.2) is 30.8 Å². The lowest BCUT2D eigenvalue weighted by Crippen LogP contribution is -2.30. The first-order chi connectivity index (χ1) is 6.02. The molecule has 0 saturated heterocycles. The molecule has 0 spiro atoms. The fraction of sp³-hybridized carbons (Fsp3) is 0.875. The molecule has 0 aromatic heterocycles. The van der Waals surface area contributed by atoms with Gasteiger partial charge in [0.25, 0.3) is 0 Å². The van der Waals surface area contributed by atoms with Gasteiger partial charge in [-0.3, -0.25) is 4.79 Å². The Kier molecular flexibility index (Phi) is 4.08. The van der Waals surface area contributed by atoms with Gasteiger partial charge in [-0.05, 0) is 27.7 Å². The highest BCUT2D eigenvalue weighted by Gasteiger charge is 2.25. The van der Waals surface area contributed by atoms with Crippen LogP contribution in [0.15, 0.2) is 0 Å². The van der Waals surface area contributed by atoms with Gasteiger partial charge in [-0.2, -0.15) is 0 Å². The van der Waals surface area contributed by atoms with E-state index < -0.39 is 33.4 Å². The Morgan fingerprint density at radius 3 is 2.14 bits per heavy atom. The van der Waals surface area contributed by atoms with Gasteiger partial charge in [0.2, 0.25) is 0 Å². The normalized spacial score (nSPS) is 14.9. The van der Waals surface area contributed by atoms with Crippen LogP contribution in [0.5, 0.6) is 0 Å². The number of hydrogen-bond donors (Lipinski definition) is 0. The van der Waals surface area contributed by atoms with Crippen LogP contribution in [0.2, 0.25) is 0 Å². The fourth-order valence-electron chi connectivity index (χ4n) is 0.681. The summed E-state index contributed by atoms with van der Waals surface area (Å²) in [6, 6.07) is 0. The van der Waals surface area contributed by atoms with Crippen LogP contribution in [0, 0.1) is 5.41 Å². The van der Waals surface area contributed by atoms with E-state index in [1.54, 1.807) is 20.8 Å². The molecule has 84 valence electrons. The van der Waals surface area contributed by atoms with Gasteiger partial charge >= 0.3 is 5.97 Å². The van der Waals surface area contributed by atoms with Gasteiger partial charge in [0.15, 0.2) is 0 Å². The largest absolute Gasteiger partial charge is 0.748 e. The van der Waals surface area contributed by atoms with E-state index in [2.05, 4.69) is 0 Å². The monoisotopic (exact) mass is 223 g/mol. The van der Waals surface area contributed by atoms with E-state index in [1.165, 1.54) is 6.92 Å². The second-order valence-electron chi connectivity index (χ2n) is 4.19. The lowest BCUT2D eigenvalue weighted by Gasteiger charge is -2.21. The van der Waals surface area contributed by atoms with Crippen molar-refractivity contribution in [1.29, 1.82) is 0 Å². The lowest BCUT2D eigenvalue weighted by molar-refractivity contribution is -0.156. The standard InChI is InChI=1S/C8H16O5S/c1-6(5-14(10,11)12)13-7(9)8(2,3)4/h6H,5H2,1-4H3,(H,10,11,12)/p-1. The Labute approximate surface area is 84.2 Å². The first kappa shape index (κ1) is 13.4. The van der Waals surface area contributed by atoms with E-state index in [4.69, 9.17) is 4.74 Å². The highest BCUT2D eigenvalue weighted by atomic mass is 32.2. The van der Waals surface area contributed by atoms with Crippen molar-refractivity contribution in [3.8, 4) is 0 Å². The molecule has 0 aliphatic rings. The third-order valence-electron chi connectivity index (χ3n) is 1.36. The minimum Gasteiger partial charge on any atom is -0.748 e. The average molecular weight is 223 g/mol. The second kappa shape index (κ2) is 4.27. The predicted octanol–water partition coefficient (Wildman–Crippen LogP) is 0.509. The molecule has 0 heterocycles. The van der Waals surface area contributed by atoms with Crippen molar-refractivity contribution in [2.45, 2.75) is 33.8 Å². The Hall–Kier alpha value is -0.620. The van der Waals surface area contributed by atoms with Crippen LogP contribution in [0.3, 0.4) is 0 Å². The summed E-state index contributed by atoms with van der Waals surface area (Å²) >= 11 is 0. The number of carbonyl (C=O) groups is 1. The minimum atomic E-state index is -4.34. The van der Waals surface area contributed by atoms with Crippen molar-refractivity contribution in [3.63, 3.8) is 0 Å². The van der Waals surface area contributed by atoms with E-state index in [9.17, 15) is 17.8 Å². The molecule has 6 heteroatoms. The van der Waals surface area contributed by atoms with Crippen molar-refractivity contribution in [3.05, 3.63) is 0 Å². The summed E-state index contributed by atoms with van der Waals surface area (Å²) in [4.78, 5) is 11.2. The zero-order valence-corrected chi connectivity index (χ0v) is 9.55. The molecule has 0 rings (SSSR count). The molecular formula is C8H15O5S-.